The SMILES string of the molecule is N[C@H]1CC[C@@H](C(=O)N(Cc2ccc(F)cc2)CC2CC2)C1. The third-order valence-corrected chi connectivity index (χ3v) is 4.60. The van der Waals surface area contributed by atoms with Gasteiger partial charge in [0.2, 0.25) is 5.91 Å². The Bertz CT molecular complexity index is 498. The maximum Gasteiger partial charge on any atom is 0.226 e. The minimum Gasteiger partial charge on any atom is -0.338 e. The van der Waals surface area contributed by atoms with Crippen molar-refractivity contribution in [2.75, 3.05) is 6.54 Å². The van der Waals surface area contributed by atoms with E-state index in [0.717, 1.165) is 31.4 Å². The molecule has 0 aliphatic heterocycles. The largest absolute Gasteiger partial charge is 0.338 e. The Hall–Kier alpha value is -1.42. The molecule has 0 spiro atoms. The van der Waals surface area contributed by atoms with E-state index in [1.165, 1.54) is 25.0 Å². The molecule has 2 fully saturated rings. The lowest BCUT2D eigenvalue weighted by Gasteiger charge is -2.26. The minimum absolute atomic E-state index is 0.0826. The molecule has 3 rings (SSSR count). The molecular formula is C17H23FN2O. The van der Waals surface area contributed by atoms with E-state index < -0.39 is 0 Å². The fourth-order valence-electron chi connectivity index (χ4n) is 3.15. The van der Waals surface area contributed by atoms with Crippen molar-refractivity contribution in [1.29, 1.82) is 0 Å². The van der Waals surface area contributed by atoms with Gasteiger partial charge in [0.25, 0.3) is 0 Å². The highest BCUT2D eigenvalue weighted by atomic mass is 19.1. The second-order valence-electron chi connectivity index (χ2n) is 6.56. The van der Waals surface area contributed by atoms with E-state index in [-0.39, 0.29) is 23.7 Å². The van der Waals surface area contributed by atoms with Crippen LogP contribution in [-0.2, 0) is 11.3 Å². The molecule has 1 amide bonds. The summed E-state index contributed by atoms with van der Waals surface area (Å²) >= 11 is 0. The van der Waals surface area contributed by atoms with Crippen LogP contribution in [0.4, 0.5) is 4.39 Å². The molecule has 2 saturated carbocycles. The molecule has 0 saturated heterocycles. The second-order valence-corrected chi connectivity index (χ2v) is 6.56. The Morgan fingerprint density at radius 2 is 1.90 bits per heavy atom. The van der Waals surface area contributed by atoms with E-state index in [2.05, 4.69) is 0 Å². The van der Waals surface area contributed by atoms with Crippen molar-refractivity contribution in [2.45, 2.75) is 44.7 Å². The van der Waals surface area contributed by atoms with Crippen LogP contribution >= 0.6 is 0 Å². The number of nitrogens with two attached hydrogens (primary N) is 1. The zero-order chi connectivity index (χ0) is 14.8. The first kappa shape index (κ1) is 14.5. The molecule has 2 aliphatic carbocycles. The van der Waals surface area contributed by atoms with Crippen LogP contribution in [0.3, 0.4) is 0 Å². The fraction of sp³-hybridized carbons (Fsp3) is 0.588. The number of nitrogens with zero attached hydrogens (tertiary/aromatic N) is 1. The fourth-order valence-corrected chi connectivity index (χ4v) is 3.15. The van der Waals surface area contributed by atoms with E-state index in [1.807, 2.05) is 4.90 Å². The van der Waals surface area contributed by atoms with Crippen LogP contribution < -0.4 is 5.73 Å². The highest BCUT2D eigenvalue weighted by molar-refractivity contribution is 5.79. The van der Waals surface area contributed by atoms with Crippen molar-refractivity contribution in [1.82, 2.24) is 4.90 Å². The van der Waals surface area contributed by atoms with Gasteiger partial charge in [-0.1, -0.05) is 12.1 Å². The average Bonchev–Trinajstić information content (AvgIpc) is 3.19. The molecular weight excluding hydrogens is 267 g/mol. The molecule has 0 aromatic heterocycles. The van der Waals surface area contributed by atoms with Crippen LogP contribution in [0.15, 0.2) is 24.3 Å². The van der Waals surface area contributed by atoms with Crippen LogP contribution in [0, 0.1) is 17.7 Å². The Morgan fingerprint density at radius 3 is 2.48 bits per heavy atom. The lowest BCUT2D eigenvalue weighted by atomic mass is 10.1. The van der Waals surface area contributed by atoms with E-state index in [9.17, 15) is 9.18 Å². The summed E-state index contributed by atoms with van der Waals surface area (Å²) < 4.78 is 13.0. The van der Waals surface area contributed by atoms with Crippen LogP contribution in [-0.4, -0.2) is 23.4 Å². The van der Waals surface area contributed by atoms with Crippen molar-refractivity contribution in [3.05, 3.63) is 35.6 Å². The van der Waals surface area contributed by atoms with Crippen LogP contribution in [0.1, 0.15) is 37.7 Å². The first-order valence-electron chi connectivity index (χ1n) is 7.90. The lowest BCUT2D eigenvalue weighted by Crippen LogP contribution is -2.37. The van der Waals surface area contributed by atoms with Gasteiger partial charge in [0.05, 0.1) is 0 Å². The normalized spacial score (nSPS) is 25.0. The number of carbonyl (C=O) groups is 1. The van der Waals surface area contributed by atoms with Crippen molar-refractivity contribution < 1.29 is 9.18 Å². The van der Waals surface area contributed by atoms with Gasteiger partial charge < -0.3 is 10.6 Å². The molecule has 0 unspecified atom stereocenters. The first-order valence-corrected chi connectivity index (χ1v) is 7.90. The quantitative estimate of drug-likeness (QED) is 0.906. The van der Waals surface area contributed by atoms with Crippen LogP contribution in [0.5, 0.6) is 0 Å². The predicted octanol–water partition coefficient (Wildman–Crippen LogP) is 2.69. The van der Waals surface area contributed by atoms with Gasteiger partial charge in [-0.15, -0.1) is 0 Å². The molecule has 0 bridgehead atoms. The molecule has 2 atom stereocenters. The number of hydrogen-bond donors (Lipinski definition) is 1. The third-order valence-electron chi connectivity index (χ3n) is 4.60. The van der Waals surface area contributed by atoms with Gasteiger partial charge in [-0.25, -0.2) is 4.39 Å². The lowest BCUT2D eigenvalue weighted by molar-refractivity contribution is -0.136. The second kappa shape index (κ2) is 6.14. The molecule has 0 radical (unpaired) electrons. The van der Waals surface area contributed by atoms with Crippen molar-refractivity contribution in [2.24, 2.45) is 17.6 Å². The number of benzene rings is 1. The van der Waals surface area contributed by atoms with Gasteiger partial charge in [-0.3, -0.25) is 4.79 Å². The number of rotatable bonds is 5. The highest BCUT2D eigenvalue weighted by Crippen LogP contribution is 2.32. The van der Waals surface area contributed by atoms with E-state index >= 15 is 0 Å². The minimum atomic E-state index is -0.236. The van der Waals surface area contributed by atoms with Crippen LogP contribution in [0.25, 0.3) is 0 Å². The van der Waals surface area contributed by atoms with Gasteiger partial charge in [-0.05, 0) is 55.7 Å². The topological polar surface area (TPSA) is 46.3 Å². The zero-order valence-corrected chi connectivity index (χ0v) is 12.3. The van der Waals surface area contributed by atoms with Gasteiger partial charge in [0, 0.05) is 25.0 Å². The number of carbonyl (C=O) groups excluding carboxylic acids is 1. The van der Waals surface area contributed by atoms with Gasteiger partial charge >= 0.3 is 0 Å². The number of halogens is 1. The molecule has 2 N–H and O–H groups in total. The van der Waals surface area contributed by atoms with Crippen LogP contribution in [0.2, 0.25) is 0 Å². The maximum absolute atomic E-state index is 13.0. The highest BCUT2D eigenvalue weighted by Gasteiger charge is 2.33. The summed E-state index contributed by atoms with van der Waals surface area (Å²) in [6.07, 6.45) is 5.10. The van der Waals surface area contributed by atoms with Gasteiger partial charge in [0.15, 0.2) is 0 Å². The molecule has 0 heterocycles. The monoisotopic (exact) mass is 290 g/mol. The summed E-state index contributed by atoms with van der Waals surface area (Å²) in [6.45, 7) is 1.42. The van der Waals surface area contributed by atoms with E-state index in [1.54, 1.807) is 12.1 Å². The molecule has 3 nitrogen and oxygen atoms in total. The third kappa shape index (κ3) is 3.82. The summed E-state index contributed by atoms with van der Waals surface area (Å²) in [7, 11) is 0. The van der Waals surface area contributed by atoms with Gasteiger partial charge in [0.1, 0.15) is 5.82 Å². The zero-order valence-electron chi connectivity index (χ0n) is 12.3. The van der Waals surface area contributed by atoms with E-state index in [0.29, 0.717) is 12.5 Å². The molecule has 114 valence electrons. The molecule has 4 heteroatoms. The average molecular weight is 290 g/mol. The molecule has 21 heavy (non-hydrogen) atoms. The summed E-state index contributed by atoms with van der Waals surface area (Å²) in [5.74, 6) is 0.739. The number of amides is 1. The summed E-state index contributed by atoms with van der Waals surface area (Å²) in [4.78, 5) is 14.7. The smallest absolute Gasteiger partial charge is 0.226 e. The summed E-state index contributed by atoms with van der Waals surface area (Å²) in [5, 5.41) is 0. The van der Waals surface area contributed by atoms with E-state index in [4.69, 9.17) is 5.73 Å². The van der Waals surface area contributed by atoms with Crippen molar-refractivity contribution in [3.63, 3.8) is 0 Å². The standard InChI is InChI=1S/C17H23FN2O/c18-15-6-3-13(4-7-15)11-20(10-12-1-2-12)17(21)14-5-8-16(19)9-14/h3-4,6-7,12,14,16H,1-2,5,8-11,19H2/t14-,16+/m1/s1. The molecule has 2 aliphatic rings. The first-order chi connectivity index (χ1) is 10.1. The van der Waals surface area contributed by atoms with Crippen molar-refractivity contribution in [3.8, 4) is 0 Å². The Kier molecular flexibility index (Phi) is 4.24. The van der Waals surface area contributed by atoms with Gasteiger partial charge in [-0.2, -0.15) is 0 Å². The molecule has 1 aromatic rings. The maximum atomic E-state index is 13.0. The molecule has 1 aromatic carbocycles. The predicted molar refractivity (Wildman–Crippen MR) is 79.9 cm³/mol. The van der Waals surface area contributed by atoms with Crippen molar-refractivity contribution >= 4 is 5.91 Å². The Morgan fingerprint density at radius 1 is 1.19 bits per heavy atom. The number of hydrogen-bond acceptors (Lipinski definition) is 2. The summed E-state index contributed by atoms with van der Waals surface area (Å²) in [6, 6.07) is 6.63. The summed E-state index contributed by atoms with van der Waals surface area (Å²) in [5.41, 5.74) is 6.93. The Labute approximate surface area is 125 Å². The Balaban J connectivity index is 1.67.